The predicted molar refractivity (Wildman–Crippen MR) is 86.8 cm³/mol. The molecule has 0 saturated carbocycles. The van der Waals surface area contributed by atoms with E-state index in [0.717, 1.165) is 3.57 Å². The monoisotopic (exact) mass is 397 g/mol. The normalized spacial score (nSPS) is 13.2. The SMILES string of the molecule is CC(C)(C)OC[C@H](N)C(=S)Nc1cc(F)ncc1I. The number of nitrogens with two attached hydrogens (primary N) is 1. The zero-order chi connectivity index (χ0) is 14.6. The van der Waals surface area contributed by atoms with Gasteiger partial charge in [0.15, 0.2) is 0 Å². The molecule has 1 atom stereocenters. The molecule has 0 saturated heterocycles. The molecule has 1 aromatic rings. The number of rotatable bonds is 4. The lowest BCUT2D eigenvalue weighted by Gasteiger charge is -2.23. The molecule has 0 aliphatic carbocycles. The molecule has 106 valence electrons. The van der Waals surface area contributed by atoms with E-state index in [4.69, 9.17) is 22.7 Å². The second kappa shape index (κ2) is 6.87. The van der Waals surface area contributed by atoms with Crippen LogP contribution in [0.1, 0.15) is 20.8 Å². The summed E-state index contributed by atoms with van der Waals surface area (Å²) in [4.78, 5) is 3.96. The highest BCUT2D eigenvalue weighted by Crippen LogP contribution is 2.18. The average Bonchev–Trinajstić information content (AvgIpc) is 2.29. The Balaban J connectivity index is 2.61. The topological polar surface area (TPSA) is 60.2 Å². The summed E-state index contributed by atoms with van der Waals surface area (Å²) in [6, 6.07) is 0.840. The van der Waals surface area contributed by atoms with Crippen LogP contribution in [0, 0.1) is 9.52 Å². The molecule has 4 nitrogen and oxygen atoms in total. The summed E-state index contributed by atoms with van der Waals surface area (Å²) in [6.45, 7) is 6.13. The predicted octanol–water partition coefficient (Wildman–Crippen LogP) is 2.71. The van der Waals surface area contributed by atoms with Crippen molar-refractivity contribution >= 4 is 45.5 Å². The maximum atomic E-state index is 13.0. The molecule has 0 radical (unpaired) electrons. The second-order valence-corrected chi connectivity index (χ2v) is 6.61. The lowest BCUT2D eigenvalue weighted by molar-refractivity contribution is -0.00315. The molecule has 0 spiro atoms. The van der Waals surface area contributed by atoms with E-state index in [-0.39, 0.29) is 5.60 Å². The molecule has 3 N–H and O–H groups in total. The van der Waals surface area contributed by atoms with Crippen molar-refractivity contribution in [2.24, 2.45) is 5.73 Å². The summed E-state index contributed by atoms with van der Waals surface area (Å²) >= 11 is 7.23. The largest absolute Gasteiger partial charge is 0.374 e. The van der Waals surface area contributed by atoms with Crippen molar-refractivity contribution in [3.8, 4) is 0 Å². The van der Waals surface area contributed by atoms with Crippen molar-refractivity contribution in [2.75, 3.05) is 11.9 Å². The lowest BCUT2D eigenvalue weighted by Crippen LogP contribution is -2.40. The van der Waals surface area contributed by atoms with E-state index in [1.807, 2.05) is 43.4 Å². The van der Waals surface area contributed by atoms with Crippen molar-refractivity contribution in [1.29, 1.82) is 0 Å². The van der Waals surface area contributed by atoms with Gasteiger partial charge < -0.3 is 15.8 Å². The highest BCUT2D eigenvalue weighted by Gasteiger charge is 2.16. The van der Waals surface area contributed by atoms with Gasteiger partial charge in [0.25, 0.3) is 0 Å². The first-order valence-corrected chi connectivity index (χ1v) is 7.19. The molecule has 1 heterocycles. The van der Waals surface area contributed by atoms with Crippen LogP contribution >= 0.6 is 34.8 Å². The zero-order valence-electron chi connectivity index (χ0n) is 11.0. The molecule has 0 aliphatic rings. The van der Waals surface area contributed by atoms with Crippen LogP contribution in [0.2, 0.25) is 0 Å². The number of nitrogens with zero attached hydrogens (tertiary/aromatic N) is 1. The molecule has 0 unspecified atom stereocenters. The number of ether oxygens (including phenoxy) is 1. The van der Waals surface area contributed by atoms with Crippen molar-refractivity contribution in [2.45, 2.75) is 32.4 Å². The fourth-order valence-corrected chi connectivity index (χ4v) is 1.76. The summed E-state index contributed by atoms with van der Waals surface area (Å²) in [5.74, 6) is -0.565. The van der Waals surface area contributed by atoms with Crippen LogP contribution in [0.25, 0.3) is 0 Å². The second-order valence-electron chi connectivity index (χ2n) is 5.01. The molecule has 1 rings (SSSR count). The van der Waals surface area contributed by atoms with Gasteiger partial charge in [-0.1, -0.05) is 12.2 Å². The smallest absolute Gasteiger partial charge is 0.214 e. The van der Waals surface area contributed by atoms with E-state index in [1.54, 1.807) is 0 Å². The Labute approximate surface area is 131 Å². The van der Waals surface area contributed by atoms with Crippen LogP contribution in [0.4, 0.5) is 10.1 Å². The molecule has 7 heteroatoms. The molecular formula is C12H17FIN3OS. The Morgan fingerprint density at radius 3 is 2.84 bits per heavy atom. The van der Waals surface area contributed by atoms with Gasteiger partial charge in [-0.2, -0.15) is 4.39 Å². The molecule has 19 heavy (non-hydrogen) atoms. The molecule has 0 aliphatic heterocycles. The first-order chi connectivity index (χ1) is 8.69. The summed E-state index contributed by atoms with van der Waals surface area (Å²) in [5, 5.41) is 2.93. The summed E-state index contributed by atoms with van der Waals surface area (Å²) in [5.41, 5.74) is 6.21. The van der Waals surface area contributed by atoms with Gasteiger partial charge in [-0.05, 0) is 43.4 Å². The molecule has 0 fully saturated rings. The Bertz CT molecular complexity index is 465. The van der Waals surface area contributed by atoms with Gasteiger partial charge >= 0.3 is 0 Å². The van der Waals surface area contributed by atoms with Crippen LogP contribution in [0.5, 0.6) is 0 Å². The summed E-state index contributed by atoms with van der Waals surface area (Å²) in [6.07, 6.45) is 1.43. The molecule has 0 bridgehead atoms. The zero-order valence-corrected chi connectivity index (χ0v) is 14.0. The van der Waals surface area contributed by atoms with Gasteiger partial charge in [-0.15, -0.1) is 0 Å². The fraction of sp³-hybridized carbons (Fsp3) is 0.500. The lowest BCUT2D eigenvalue weighted by atomic mass is 10.2. The van der Waals surface area contributed by atoms with E-state index >= 15 is 0 Å². The Kier molecular flexibility index (Phi) is 6.03. The minimum Gasteiger partial charge on any atom is -0.374 e. The number of hydrogen-bond acceptors (Lipinski definition) is 4. The third-order valence-electron chi connectivity index (χ3n) is 2.11. The highest BCUT2D eigenvalue weighted by molar-refractivity contribution is 14.1. The Morgan fingerprint density at radius 1 is 1.63 bits per heavy atom. The number of nitrogens with one attached hydrogen (secondary N) is 1. The number of hydrogen-bond donors (Lipinski definition) is 2. The standard InChI is InChI=1S/C12H17FIN3OS/c1-12(2,3)18-6-8(15)11(19)17-9-4-10(13)16-5-7(9)14/h4-5,8H,6,15H2,1-3H3,(H,16,17,19)/t8-/m0/s1. The molecule has 0 amide bonds. The summed E-state index contributed by atoms with van der Waals surface area (Å²) < 4.78 is 19.4. The number of pyridine rings is 1. The first-order valence-electron chi connectivity index (χ1n) is 5.70. The van der Waals surface area contributed by atoms with Gasteiger partial charge in [0.2, 0.25) is 5.95 Å². The maximum Gasteiger partial charge on any atom is 0.214 e. The highest BCUT2D eigenvalue weighted by atomic mass is 127. The fourth-order valence-electron chi connectivity index (χ4n) is 1.15. The van der Waals surface area contributed by atoms with E-state index in [0.29, 0.717) is 17.3 Å². The van der Waals surface area contributed by atoms with E-state index in [9.17, 15) is 4.39 Å². The minimum absolute atomic E-state index is 0.273. The molecule has 0 aromatic carbocycles. The van der Waals surface area contributed by atoms with Crippen LogP contribution in [0.15, 0.2) is 12.3 Å². The van der Waals surface area contributed by atoms with Crippen molar-refractivity contribution in [1.82, 2.24) is 4.98 Å². The summed E-state index contributed by atoms with van der Waals surface area (Å²) in [7, 11) is 0. The van der Waals surface area contributed by atoms with Crippen molar-refractivity contribution < 1.29 is 9.13 Å². The van der Waals surface area contributed by atoms with Crippen LogP contribution in [0.3, 0.4) is 0 Å². The number of thiocarbonyl (C=S) groups is 1. The van der Waals surface area contributed by atoms with Gasteiger partial charge in [-0.3, -0.25) is 0 Å². The van der Waals surface area contributed by atoms with Gasteiger partial charge in [0.1, 0.15) is 0 Å². The van der Waals surface area contributed by atoms with Crippen LogP contribution in [-0.2, 0) is 4.74 Å². The van der Waals surface area contributed by atoms with Gasteiger partial charge in [0.05, 0.1) is 32.5 Å². The maximum absolute atomic E-state index is 13.0. The van der Waals surface area contributed by atoms with Crippen LogP contribution < -0.4 is 11.1 Å². The average molecular weight is 397 g/mol. The number of halogens is 2. The quantitative estimate of drug-likeness (QED) is 0.465. The first kappa shape index (κ1) is 16.7. The van der Waals surface area contributed by atoms with E-state index in [1.165, 1.54) is 12.3 Å². The van der Waals surface area contributed by atoms with Crippen molar-refractivity contribution in [3.63, 3.8) is 0 Å². The van der Waals surface area contributed by atoms with Gasteiger partial charge in [0, 0.05) is 12.3 Å². The van der Waals surface area contributed by atoms with Crippen molar-refractivity contribution in [3.05, 3.63) is 21.8 Å². The van der Waals surface area contributed by atoms with Crippen LogP contribution in [-0.4, -0.2) is 28.2 Å². The third-order valence-corrected chi connectivity index (χ3v) is 3.38. The molecule has 1 aromatic heterocycles. The minimum atomic E-state index is -0.565. The van der Waals surface area contributed by atoms with Gasteiger partial charge in [-0.25, -0.2) is 4.98 Å². The van der Waals surface area contributed by atoms with E-state index < -0.39 is 12.0 Å². The number of aromatic nitrogens is 1. The van der Waals surface area contributed by atoms with E-state index in [2.05, 4.69) is 10.3 Å². The Hall–Kier alpha value is -0.380. The Morgan fingerprint density at radius 2 is 2.26 bits per heavy atom. The number of anilines is 1. The molecular weight excluding hydrogens is 380 g/mol. The third kappa shape index (κ3) is 6.07.